The molecule has 2 rings (SSSR count). The number of nitrogens with zero attached hydrogens (tertiary/aromatic N) is 1. The van der Waals surface area contributed by atoms with Crippen molar-refractivity contribution < 1.29 is 5.11 Å². The van der Waals surface area contributed by atoms with E-state index in [1.807, 2.05) is 0 Å². The smallest absolute Gasteiger partial charge is 0.0584 e. The molecular formula is C17H27NO. The molecule has 0 saturated heterocycles. The van der Waals surface area contributed by atoms with E-state index in [-0.39, 0.29) is 12.6 Å². The van der Waals surface area contributed by atoms with Crippen LogP contribution in [0.1, 0.15) is 44.2 Å². The van der Waals surface area contributed by atoms with Gasteiger partial charge in [0.25, 0.3) is 0 Å². The first-order valence-electron chi connectivity index (χ1n) is 7.65. The average molecular weight is 261 g/mol. The van der Waals surface area contributed by atoms with Gasteiger partial charge in [0, 0.05) is 19.1 Å². The van der Waals surface area contributed by atoms with Crippen molar-refractivity contribution in [2.45, 2.75) is 52.1 Å². The molecule has 1 saturated carbocycles. The second-order valence-corrected chi connectivity index (χ2v) is 5.93. The second kappa shape index (κ2) is 7.06. The molecule has 0 aromatic heterocycles. The third-order valence-corrected chi connectivity index (χ3v) is 4.42. The SMILES string of the molecule is CCc1ccc(CN(CC2CCC2)C(C)CO)cc1. The first-order valence-corrected chi connectivity index (χ1v) is 7.65. The predicted octanol–water partition coefficient (Wildman–Crippen LogP) is 3.23. The number of hydrogen-bond acceptors (Lipinski definition) is 2. The summed E-state index contributed by atoms with van der Waals surface area (Å²) < 4.78 is 0. The van der Waals surface area contributed by atoms with E-state index < -0.39 is 0 Å². The summed E-state index contributed by atoms with van der Waals surface area (Å²) in [4.78, 5) is 2.44. The molecular weight excluding hydrogens is 234 g/mol. The van der Waals surface area contributed by atoms with E-state index in [0.717, 1.165) is 25.4 Å². The number of benzene rings is 1. The van der Waals surface area contributed by atoms with E-state index in [1.165, 1.54) is 30.4 Å². The van der Waals surface area contributed by atoms with Gasteiger partial charge >= 0.3 is 0 Å². The molecule has 0 spiro atoms. The van der Waals surface area contributed by atoms with Gasteiger partial charge in [-0.15, -0.1) is 0 Å². The van der Waals surface area contributed by atoms with Crippen LogP contribution in [-0.2, 0) is 13.0 Å². The van der Waals surface area contributed by atoms with Crippen molar-refractivity contribution >= 4 is 0 Å². The fraction of sp³-hybridized carbons (Fsp3) is 0.647. The number of aryl methyl sites for hydroxylation is 1. The third-order valence-electron chi connectivity index (χ3n) is 4.42. The summed E-state index contributed by atoms with van der Waals surface area (Å²) in [5.41, 5.74) is 2.75. The van der Waals surface area contributed by atoms with Crippen molar-refractivity contribution in [1.29, 1.82) is 0 Å². The van der Waals surface area contributed by atoms with Gasteiger partial charge in [-0.05, 0) is 43.2 Å². The molecule has 1 atom stereocenters. The monoisotopic (exact) mass is 261 g/mol. The molecule has 1 fully saturated rings. The summed E-state index contributed by atoms with van der Waals surface area (Å²) in [5, 5.41) is 9.43. The van der Waals surface area contributed by atoms with Crippen LogP contribution in [0.25, 0.3) is 0 Å². The molecule has 1 unspecified atom stereocenters. The predicted molar refractivity (Wildman–Crippen MR) is 80.1 cm³/mol. The van der Waals surface area contributed by atoms with Gasteiger partial charge in [-0.3, -0.25) is 4.90 Å². The molecule has 0 aliphatic heterocycles. The van der Waals surface area contributed by atoms with E-state index >= 15 is 0 Å². The Kier molecular flexibility index (Phi) is 5.41. The maximum Gasteiger partial charge on any atom is 0.0584 e. The molecule has 1 aromatic carbocycles. The number of hydrogen-bond donors (Lipinski definition) is 1. The normalized spacial score (nSPS) is 17.5. The van der Waals surface area contributed by atoms with Gasteiger partial charge in [0.2, 0.25) is 0 Å². The van der Waals surface area contributed by atoms with E-state index in [9.17, 15) is 5.11 Å². The summed E-state index contributed by atoms with van der Waals surface area (Å²) in [7, 11) is 0. The molecule has 2 heteroatoms. The third kappa shape index (κ3) is 4.05. The number of rotatable bonds is 7. The van der Waals surface area contributed by atoms with Crippen molar-refractivity contribution in [2.75, 3.05) is 13.2 Å². The van der Waals surface area contributed by atoms with Crippen molar-refractivity contribution in [3.05, 3.63) is 35.4 Å². The molecule has 1 aromatic rings. The van der Waals surface area contributed by atoms with Gasteiger partial charge < -0.3 is 5.11 Å². The van der Waals surface area contributed by atoms with E-state index in [4.69, 9.17) is 0 Å². The van der Waals surface area contributed by atoms with Gasteiger partial charge in [0.1, 0.15) is 0 Å². The summed E-state index contributed by atoms with van der Waals surface area (Å²) in [6.45, 7) is 6.66. The maximum atomic E-state index is 9.43. The fourth-order valence-electron chi connectivity index (χ4n) is 2.64. The van der Waals surface area contributed by atoms with E-state index in [2.05, 4.69) is 43.0 Å². The Balaban J connectivity index is 1.96. The van der Waals surface area contributed by atoms with Crippen LogP contribution in [-0.4, -0.2) is 29.2 Å². The fourth-order valence-corrected chi connectivity index (χ4v) is 2.64. The molecule has 0 heterocycles. The largest absolute Gasteiger partial charge is 0.395 e. The van der Waals surface area contributed by atoms with Gasteiger partial charge in [0.05, 0.1) is 6.61 Å². The quantitative estimate of drug-likeness (QED) is 0.814. The Morgan fingerprint density at radius 2 is 1.84 bits per heavy atom. The molecule has 1 N–H and O–H groups in total. The van der Waals surface area contributed by atoms with Crippen molar-refractivity contribution in [1.82, 2.24) is 4.90 Å². The Bertz CT molecular complexity index is 369. The molecule has 2 nitrogen and oxygen atoms in total. The second-order valence-electron chi connectivity index (χ2n) is 5.93. The lowest BCUT2D eigenvalue weighted by Crippen LogP contribution is -2.40. The van der Waals surface area contributed by atoms with Crippen LogP contribution >= 0.6 is 0 Å². The van der Waals surface area contributed by atoms with Crippen LogP contribution in [0, 0.1) is 5.92 Å². The number of aliphatic hydroxyl groups is 1. The highest BCUT2D eigenvalue weighted by Crippen LogP contribution is 2.28. The van der Waals surface area contributed by atoms with Gasteiger partial charge in [-0.2, -0.15) is 0 Å². The molecule has 1 aliphatic carbocycles. The molecule has 0 bridgehead atoms. The van der Waals surface area contributed by atoms with Crippen molar-refractivity contribution in [2.24, 2.45) is 5.92 Å². The first-order chi connectivity index (χ1) is 9.22. The summed E-state index contributed by atoms with van der Waals surface area (Å²) in [6, 6.07) is 9.17. The van der Waals surface area contributed by atoms with Crippen LogP contribution in [0.2, 0.25) is 0 Å². The van der Waals surface area contributed by atoms with Crippen LogP contribution in [0.15, 0.2) is 24.3 Å². The van der Waals surface area contributed by atoms with Gasteiger partial charge in [0.15, 0.2) is 0 Å². The molecule has 1 aliphatic rings. The minimum absolute atomic E-state index is 0.250. The molecule has 19 heavy (non-hydrogen) atoms. The Labute approximate surface area is 117 Å². The average Bonchev–Trinajstić information content (AvgIpc) is 2.41. The standard InChI is InChI=1S/C17H27NO/c1-3-15-7-9-17(10-8-15)12-18(14(2)13-19)11-16-5-4-6-16/h7-10,14,16,19H,3-6,11-13H2,1-2H3. The van der Waals surface area contributed by atoms with Gasteiger partial charge in [-0.25, -0.2) is 0 Å². The molecule has 0 amide bonds. The lowest BCUT2D eigenvalue weighted by molar-refractivity contribution is 0.0918. The van der Waals surface area contributed by atoms with Crippen LogP contribution in [0.3, 0.4) is 0 Å². The summed E-state index contributed by atoms with van der Waals surface area (Å²) in [5.74, 6) is 0.851. The lowest BCUT2D eigenvalue weighted by atomic mass is 9.85. The van der Waals surface area contributed by atoms with Gasteiger partial charge in [-0.1, -0.05) is 37.6 Å². The minimum Gasteiger partial charge on any atom is -0.395 e. The highest BCUT2D eigenvalue weighted by Gasteiger charge is 2.23. The Hall–Kier alpha value is -0.860. The van der Waals surface area contributed by atoms with Crippen LogP contribution in [0.5, 0.6) is 0 Å². The lowest BCUT2D eigenvalue weighted by Gasteiger charge is -2.35. The molecule has 106 valence electrons. The summed E-state index contributed by atoms with van der Waals surface area (Å²) >= 11 is 0. The Morgan fingerprint density at radius 3 is 2.32 bits per heavy atom. The zero-order chi connectivity index (χ0) is 13.7. The van der Waals surface area contributed by atoms with Crippen molar-refractivity contribution in [3.8, 4) is 0 Å². The van der Waals surface area contributed by atoms with E-state index in [0.29, 0.717) is 0 Å². The van der Waals surface area contributed by atoms with Crippen LogP contribution in [0.4, 0.5) is 0 Å². The maximum absolute atomic E-state index is 9.43. The van der Waals surface area contributed by atoms with E-state index in [1.54, 1.807) is 0 Å². The summed E-state index contributed by atoms with van der Waals surface area (Å²) in [6.07, 6.45) is 5.21. The topological polar surface area (TPSA) is 23.5 Å². The zero-order valence-electron chi connectivity index (χ0n) is 12.3. The zero-order valence-corrected chi connectivity index (χ0v) is 12.3. The van der Waals surface area contributed by atoms with Crippen molar-refractivity contribution in [3.63, 3.8) is 0 Å². The highest BCUT2D eigenvalue weighted by molar-refractivity contribution is 5.22. The molecule has 0 radical (unpaired) electrons. The highest BCUT2D eigenvalue weighted by atomic mass is 16.3. The number of aliphatic hydroxyl groups excluding tert-OH is 1. The van der Waals surface area contributed by atoms with Crippen LogP contribution < -0.4 is 0 Å². The first kappa shape index (κ1) is 14.5. The minimum atomic E-state index is 0.250. The Morgan fingerprint density at radius 1 is 1.21 bits per heavy atom.